The van der Waals surface area contributed by atoms with Crippen molar-refractivity contribution < 1.29 is 14.3 Å². The van der Waals surface area contributed by atoms with Gasteiger partial charge in [0, 0.05) is 4.47 Å². The molecule has 1 unspecified atom stereocenters. The number of aromatic nitrogens is 3. The maximum atomic E-state index is 12.5. The molecule has 3 aromatic rings. The highest BCUT2D eigenvalue weighted by Crippen LogP contribution is 2.21. The highest BCUT2D eigenvalue weighted by molar-refractivity contribution is 9.10. The second-order valence-electron chi connectivity index (χ2n) is 6.02. The average molecular weight is 445 g/mol. The summed E-state index contributed by atoms with van der Waals surface area (Å²) < 4.78 is 6.52. The summed E-state index contributed by atoms with van der Waals surface area (Å²) in [4.78, 5) is 36.8. The Kier molecular flexibility index (Phi) is 6.15. The molecule has 3 rings (SSSR count). The fourth-order valence-electron chi connectivity index (χ4n) is 2.73. The van der Waals surface area contributed by atoms with Gasteiger partial charge < -0.3 is 10.1 Å². The van der Waals surface area contributed by atoms with Crippen LogP contribution in [0, 0.1) is 0 Å². The van der Waals surface area contributed by atoms with Crippen LogP contribution in [0.1, 0.15) is 18.0 Å². The fraction of sp³-hybridized carbons (Fsp3) is 0.211. The number of esters is 1. The third-order valence-electron chi connectivity index (χ3n) is 4.11. The van der Waals surface area contributed by atoms with E-state index in [9.17, 15) is 14.4 Å². The van der Waals surface area contributed by atoms with E-state index in [4.69, 9.17) is 4.74 Å². The lowest BCUT2D eigenvalue weighted by Crippen LogP contribution is -2.37. The molecule has 0 aliphatic heterocycles. The molecule has 28 heavy (non-hydrogen) atoms. The van der Waals surface area contributed by atoms with Gasteiger partial charge in [0.2, 0.25) is 5.91 Å². The first-order valence-electron chi connectivity index (χ1n) is 8.42. The Morgan fingerprint density at radius 2 is 2.00 bits per heavy atom. The Morgan fingerprint density at radius 1 is 1.21 bits per heavy atom. The van der Waals surface area contributed by atoms with Crippen molar-refractivity contribution in [3.8, 4) is 0 Å². The van der Waals surface area contributed by atoms with Gasteiger partial charge in [0.1, 0.15) is 12.1 Å². The zero-order chi connectivity index (χ0) is 20.1. The SMILES string of the molecule is COC(=O)CC(NC(=O)Cn1nnc2ccccc2c1=O)c1cccc(Br)c1. The molecular formula is C19H17BrN4O4. The molecule has 8 nitrogen and oxygen atoms in total. The number of carbonyl (C=O) groups is 2. The summed E-state index contributed by atoms with van der Waals surface area (Å²) in [5.41, 5.74) is 0.777. The molecule has 0 saturated carbocycles. The quantitative estimate of drug-likeness (QED) is 0.582. The van der Waals surface area contributed by atoms with Crippen molar-refractivity contribution in [3.63, 3.8) is 0 Å². The van der Waals surface area contributed by atoms with Gasteiger partial charge in [-0.05, 0) is 29.8 Å². The van der Waals surface area contributed by atoms with Crippen molar-refractivity contribution in [3.05, 3.63) is 68.9 Å². The summed E-state index contributed by atoms with van der Waals surface area (Å²) in [7, 11) is 1.28. The molecule has 9 heteroatoms. The summed E-state index contributed by atoms with van der Waals surface area (Å²) in [6, 6.07) is 13.4. The van der Waals surface area contributed by atoms with Crippen LogP contribution < -0.4 is 10.9 Å². The number of hydrogen-bond donors (Lipinski definition) is 1. The zero-order valence-electron chi connectivity index (χ0n) is 15.0. The standard InChI is InChI=1S/C19H17BrN4O4/c1-28-18(26)10-16(12-5-4-6-13(20)9-12)21-17(25)11-24-19(27)14-7-2-3-8-15(14)22-23-24/h2-9,16H,10-11H2,1H3,(H,21,25). The first-order valence-corrected chi connectivity index (χ1v) is 9.21. The van der Waals surface area contributed by atoms with E-state index in [0.717, 1.165) is 14.7 Å². The molecule has 0 aliphatic carbocycles. The summed E-state index contributed by atoms with van der Waals surface area (Å²) in [5.74, 6) is -0.937. The maximum Gasteiger partial charge on any atom is 0.307 e. The van der Waals surface area contributed by atoms with E-state index in [1.54, 1.807) is 42.5 Å². The minimum absolute atomic E-state index is 0.0447. The highest BCUT2D eigenvalue weighted by Gasteiger charge is 2.20. The number of benzene rings is 2. The van der Waals surface area contributed by atoms with Crippen molar-refractivity contribution in [2.24, 2.45) is 0 Å². The molecule has 1 heterocycles. The molecule has 0 aliphatic rings. The van der Waals surface area contributed by atoms with E-state index in [1.807, 2.05) is 6.07 Å². The Balaban J connectivity index is 1.81. The van der Waals surface area contributed by atoms with Crippen LogP contribution in [0.2, 0.25) is 0 Å². The lowest BCUT2D eigenvalue weighted by molar-refractivity contribution is -0.141. The van der Waals surface area contributed by atoms with Crippen molar-refractivity contribution in [2.45, 2.75) is 19.0 Å². The lowest BCUT2D eigenvalue weighted by Gasteiger charge is -2.18. The van der Waals surface area contributed by atoms with Gasteiger partial charge in [-0.2, -0.15) is 0 Å². The van der Waals surface area contributed by atoms with Crippen LogP contribution in [0.5, 0.6) is 0 Å². The number of nitrogens with one attached hydrogen (secondary N) is 1. The summed E-state index contributed by atoms with van der Waals surface area (Å²) in [6.45, 7) is -0.317. The van der Waals surface area contributed by atoms with Crippen molar-refractivity contribution in [1.29, 1.82) is 0 Å². The van der Waals surface area contributed by atoms with Gasteiger partial charge in [0.25, 0.3) is 5.56 Å². The second kappa shape index (κ2) is 8.75. The number of hydrogen-bond acceptors (Lipinski definition) is 6. The predicted octanol–water partition coefficient (Wildman–Crippen LogP) is 1.97. The number of halogens is 1. The van der Waals surface area contributed by atoms with Crippen molar-refractivity contribution in [2.75, 3.05) is 7.11 Å². The Labute approximate surface area is 168 Å². The van der Waals surface area contributed by atoms with Crippen LogP contribution in [0.4, 0.5) is 0 Å². The molecule has 1 atom stereocenters. The van der Waals surface area contributed by atoms with Crippen molar-refractivity contribution >= 4 is 38.7 Å². The Bertz CT molecular complexity index is 1080. The van der Waals surface area contributed by atoms with Gasteiger partial charge in [-0.25, -0.2) is 4.68 Å². The molecule has 0 radical (unpaired) electrons. The van der Waals surface area contributed by atoms with Gasteiger partial charge >= 0.3 is 5.97 Å². The third-order valence-corrected chi connectivity index (χ3v) is 4.60. The number of ether oxygens (including phenoxy) is 1. The van der Waals surface area contributed by atoms with Crippen LogP contribution in [0.15, 0.2) is 57.8 Å². The first-order chi connectivity index (χ1) is 13.5. The Morgan fingerprint density at radius 3 is 2.75 bits per heavy atom. The van der Waals surface area contributed by atoms with Gasteiger partial charge in [0.05, 0.1) is 25.0 Å². The fourth-order valence-corrected chi connectivity index (χ4v) is 3.15. The van der Waals surface area contributed by atoms with E-state index < -0.39 is 23.5 Å². The lowest BCUT2D eigenvalue weighted by atomic mass is 10.0. The smallest absolute Gasteiger partial charge is 0.307 e. The van der Waals surface area contributed by atoms with E-state index >= 15 is 0 Å². The normalized spacial score (nSPS) is 11.8. The monoisotopic (exact) mass is 444 g/mol. The van der Waals surface area contributed by atoms with E-state index in [-0.39, 0.29) is 13.0 Å². The molecule has 0 fully saturated rings. The molecule has 144 valence electrons. The predicted molar refractivity (Wildman–Crippen MR) is 105 cm³/mol. The van der Waals surface area contributed by atoms with E-state index in [1.165, 1.54) is 7.11 Å². The largest absolute Gasteiger partial charge is 0.469 e. The number of rotatable bonds is 6. The Hall–Kier alpha value is -3.07. The molecular weight excluding hydrogens is 428 g/mol. The molecule has 0 bridgehead atoms. The first kappa shape index (κ1) is 19.7. The molecule has 0 spiro atoms. The molecule has 1 amide bonds. The molecule has 1 N–H and O–H groups in total. The van der Waals surface area contributed by atoms with Gasteiger partial charge in [-0.15, -0.1) is 5.10 Å². The third kappa shape index (κ3) is 4.61. The van der Waals surface area contributed by atoms with Crippen LogP contribution >= 0.6 is 15.9 Å². The summed E-state index contributed by atoms with van der Waals surface area (Å²) >= 11 is 3.37. The summed E-state index contributed by atoms with van der Waals surface area (Å²) in [5, 5.41) is 10.9. The topological polar surface area (TPSA) is 103 Å². The number of amides is 1. The van der Waals surface area contributed by atoms with E-state index in [0.29, 0.717) is 10.9 Å². The van der Waals surface area contributed by atoms with Gasteiger partial charge in [-0.1, -0.05) is 45.4 Å². The molecule has 1 aromatic heterocycles. The zero-order valence-corrected chi connectivity index (χ0v) is 16.5. The average Bonchev–Trinajstić information content (AvgIpc) is 2.69. The van der Waals surface area contributed by atoms with Gasteiger partial charge in [-0.3, -0.25) is 14.4 Å². The van der Waals surface area contributed by atoms with Crippen LogP contribution in [-0.2, 0) is 20.9 Å². The van der Waals surface area contributed by atoms with E-state index in [2.05, 4.69) is 31.6 Å². The van der Waals surface area contributed by atoms with Crippen LogP contribution in [0.3, 0.4) is 0 Å². The number of nitrogens with zero attached hydrogens (tertiary/aromatic N) is 3. The molecule has 2 aromatic carbocycles. The number of methoxy groups -OCH3 is 1. The highest BCUT2D eigenvalue weighted by atomic mass is 79.9. The minimum Gasteiger partial charge on any atom is -0.469 e. The van der Waals surface area contributed by atoms with Gasteiger partial charge in [0.15, 0.2) is 0 Å². The van der Waals surface area contributed by atoms with Crippen LogP contribution in [0.25, 0.3) is 10.9 Å². The molecule has 0 saturated heterocycles. The number of fused-ring (bicyclic) bond motifs is 1. The minimum atomic E-state index is -0.610. The second-order valence-corrected chi connectivity index (χ2v) is 6.94. The summed E-state index contributed by atoms with van der Waals surface area (Å²) in [6.07, 6.45) is -0.0447. The van der Waals surface area contributed by atoms with Crippen molar-refractivity contribution in [1.82, 2.24) is 20.3 Å². The maximum absolute atomic E-state index is 12.5. The number of carbonyl (C=O) groups excluding carboxylic acids is 2. The van der Waals surface area contributed by atoms with Crippen LogP contribution in [-0.4, -0.2) is 34.0 Å².